The van der Waals surface area contributed by atoms with Crippen molar-refractivity contribution in [2.24, 2.45) is 11.7 Å². The highest BCUT2D eigenvalue weighted by Crippen LogP contribution is 2.27. The second-order valence-electron chi connectivity index (χ2n) is 8.13. The highest BCUT2D eigenvalue weighted by Gasteiger charge is 2.21. The predicted molar refractivity (Wildman–Crippen MR) is 125 cm³/mol. The fourth-order valence-electron chi connectivity index (χ4n) is 4.10. The van der Waals surface area contributed by atoms with Crippen LogP contribution in [0.25, 0.3) is 5.70 Å². The number of primary amides is 1. The molecule has 1 amide bonds. The summed E-state index contributed by atoms with van der Waals surface area (Å²) in [4.78, 5) is 29.0. The molecule has 0 bridgehead atoms. The Hall–Kier alpha value is -3.41. The van der Waals surface area contributed by atoms with E-state index in [-0.39, 0.29) is 11.4 Å². The van der Waals surface area contributed by atoms with Crippen molar-refractivity contribution in [1.82, 2.24) is 9.88 Å². The largest absolute Gasteiger partial charge is 0.372 e. The van der Waals surface area contributed by atoms with E-state index in [2.05, 4.69) is 16.5 Å². The van der Waals surface area contributed by atoms with Gasteiger partial charge in [0.1, 0.15) is 5.82 Å². The molecule has 3 rings (SSSR count). The zero-order valence-electron chi connectivity index (χ0n) is 18.4. The molecule has 0 spiro atoms. The fourth-order valence-corrected chi connectivity index (χ4v) is 4.10. The third-order valence-corrected chi connectivity index (χ3v) is 5.99. The van der Waals surface area contributed by atoms with Crippen molar-refractivity contribution in [1.29, 1.82) is 0 Å². The number of aromatic nitrogens is 1. The molecule has 1 aromatic carbocycles. The number of likely N-dealkylation sites (tertiary alicyclic amines) is 1. The van der Waals surface area contributed by atoms with Crippen molar-refractivity contribution in [2.45, 2.75) is 32.6 Å². The number of aromatic amines is 1. The molecule has 3 N–H and O–H groups in total. The van der Waals surface area contributed by atoms with Gasteiger partial charge in [0.2, 0.25) is 0 Å². The summed E-state index contributed by atoms with van der Waals surface area (Å²) < 4.78 is 13.1. The van der Waals surface area contributed by atoms with E-state index in [0.29, 0.717) is 12.3 Å². The first-order chi connectivity index (χ1) is 15.4. The summed E-state index contributed by atoms with van der Waals surface area (Å²) in [7, 11) is 0. The van der Waals surface area contributed by atoms with Crippen molar-refractivity contribution in [3.05, 3.63) is 89.5 Å². The van der Waals surface area contributed by atoms with Crippen LogP contribution < -0.4 is 5.73 Å². The number of piperidine rings is 1. The molecule has 1 aliphatic heterocycles. The molecule has 0 radical (unpaired) electrons. The lowest BCUT2D eigenvalue weighted by Gasteiger charge is -2.35. The first kappa shape index (κ1) is 23.3. The number of nitrogens with two attached hydrogens (primary N) is 1. The van der Waals surface area contributed by atoms with E-state index < -0.39 is 11.7 Å². The van der Waals surface area contributed by atoms with Crippen LogP contribution in [0.15, 0.2) is 61.4 Å². The van der Waals surface area contributed by atoms with Gasteiger partial charge in [-0.3, -0.25) is 9.59 Å². The van der Waals surface area contributed by atoms with E-state index in [0.717, 1.165) is 54.7 Å². The van der Waals surface area contributed by atoms with Crippen LogP contribution in [0.3, 0.4) is 0 Å². The van der Waals surface area contributed by atoms with Gasteiger partial charge in [0, 0.05) is 36.7 Å². The SMILES string of the molecule is C=C(c1ccc[nH]cc(C(=O)C(N)=O)c(CC)c1)N1CCC(Cc2ccc(F)cc2)CC1. The Morgan fingerprint density at radius 2 is 1.88 bits per heavy atom. The number of nitrogens with one attached hydrogen (secondary N) is 1. The molecular formula is C26H30FN3O2. The number of halogens is 1. The number of carbonyl (C=O) groups excluding carboxylic acids is 2. The van der Waals surface area contributed by atoms with Gasteiger partial charge in [-0.25, -0.2) is 4.39 Å². The summed E-state index contributed by atoms with van der Waals surface area (Å²) in [5, 5.41) is 0. The third kappa shape index (κ3) is 5.84. The van der Waals surface area contributed by atoms with Crippen LogP contribution in [0.4, 0.5) is 4.39 Å². The van der Waals surface area contributed by atoms with Crippen LogP contribution >= 0.6 is 0 Å². The number of rotatable bonds is 7. The van der Waals surface area contributed by atoms with Crippen LogP contribution in [0.1, 0.15) is 46.8 Å². The number of nitrogens with zero attached hydrogens (tertiary/aromatic N) is 1. The maximum Gasteiger partial charge on any atom is 0.289 e. The second kappa shape index (κ2) is 10.8. The Bertz CT molecular complexity index is 1030. The van der Waals surface area contributed by atoms with E-state index in [1.54, 1.807) is 6.20 Å². The molecule has 1 saturated heterocycles. The Balaban J connectivity index is 1.77. The molecule has 0 aliphatic carbocycles. The van der Waals surface area contributed by atoms with Crippen LogP contribution in [0, 0.1) is 11.7 Å². The Kier molecular flexibility index (Phi) is 7.82. The molecule has 1 aromatic heterocycles. The normalized spacial score (nSPS) is 14.0. The van der Waals surface area contributed by atoms with Gasteiger partial charge >= 0.3 is 0 Å². The first-order valence-electron chi connectivity index (χ1n) is 11.0. The standard InChI is InChI=1S/C26H30FN3O2/c1-3-21-16-22(5-4-12-29-17-24(21)25(31)26(28)32)18(2)30-13-10-20(11-14-30)15-19-6-8-23(27)9-7-19/h4-9,12,16-17,20,29H,2-3,10-11,13-15H2,1H3,(H2,28,32). The molecule has 2 heterocycles. The quantitative estimate of drug-likeness (QED) is 0.499. The topological polar surface area (TPSA) is 79.2 Å². The number of hydrogen-bond acceptors (Lipinski definition) is 3. The van der Waals surface area contributed by atoms with Crippen molar-refractivity contribution < 1.29 is 14.0 Å². The van der Waals surface area contributed by atoms with Crippen LogP contribution in [-0.4, -0.2) is 34.7 Å². The van der Waals surface area contributed by atoms with E-state index >= 15 is 0 Å². The highest BCUT2D eigenvalue weighted by molar-refractivity contribution is 6.42. The predicted octanol–water partition coefficient (Wildman–Crippen LogP) is 4.43. The summed E-state index contributed by atoms with van der Waals surface area (Å²) in [5.74, 6) is -1.35. The molecule has 0 unspecified atom stereocenters. The third-order valence-electron chi connectivity index (χ3n) is 5.99. The van der Waals surface area contributed by atoms with Crippen LogP contribution in [0.2, 0.25) is 0 Å². The highest BCUT2D eigenvalue weighted by atomic mass is 19.1. The number of hydrogen-bond donors (Lipinski definition) is 2. The van der Waals surface area contributed by atoms with Crippen molar-refractivity contribution in [3.8, 4) is 0 Å². The average Bonchev–Trinajstić information content (AvgIpc) is 2.90. The number of Topliss-reactive ketones (excluding diaryl/α,β-unsaturated/α-hetero) is 1. The van der Waals surface area contributed by atoms with Gasteiger partial charge in [0.05, 0.1) is 0 Å². The van der Waals surface area contributed by atoms with Gasteiger partial charge < -0.3 is 15.6 Å². The summed E-state index contributed by atoms with van der Waals surface area (Å²) >= 11 is 0. The number of benzene rings is 1. The van der Waals surface area contributed by atoms with Gasteiger partial charge in [-0.15, -0.1) is 0 Å². The molecule has 5 nitrogen and oxygen atoms in total. The number of aryl methyl sites for hydroxylation is 1. The zero-order chi connectivity index (χ0) is 23.1. The van der Waals surface area contributed by atoms with Crippen LogP contribution in [0.5, 0.6) is 0 Å². The molecular weight excluding hydrogens is 405 g/mol. The van der Waals surface area contributed by atoms with Crippen molar-refractivity contribution in [3.63, 3.8) is 0 Å². The molecule has 0 saturated carbocycles. The van der Waals surface area contributed by atoms with Gasteiger partial charge in [0.15, 0.2) is 0 Å². The Morgan fingerprint density at radius 1 is 1.19 bits per heavy atom. The first-order valence-corrected chi connectivity index (χ1v) is 11.0. The lowest BCUT2D eigenvalue weighted by atomic mass is 9.89. The Morgan fingerprint density at radius 3 is 2.50 bits per heavy atom. The molecule has 32 heavy (non-hydrogen) atoms. The van der Waals surface area contributed by atoms with E-state index in [1.165, 1.54) is 18.3 Å². The van der Waals surface area contributed by atoms with E-state index in [4.69, 9.17) is 5.73 Å². The van der Waals surface area contributed by atoms with Gasteiger partial charge in [0.25, 0.3) is 11.7 Å². The molecule has 2 aromatic rings. The molecule has 6 heteroatoms. The maximum atomic E-state index is 13.1. The van der Waals surface area contributed by atoms with Gasteiger partial charge in [-0.1, -0.05) is 31.7 Å². The maximum absolute atomic E-state index is 13.1. The fraction of sp³-hybridized carbons (Fsp3) is 0.308. The number of ketones is 1. The summed E-state index contributed by atoms with van der Waals surface area (Å²) in [5.41, 5.74) is 9.17. The average molecular weight is 436 g/mol. The summed E-state index contributed by atoms with van der Waals surface area (Å²) in [6.45, 7) is 8.00. The van der Waals surface area contributed by atoms with Crippen LogP contribution in [-0.2, 0) is 17.6 Å². The second-order valence-corrected chi connectivity index (χ2v) is 8.13. The number of H-pyrrole nitrogens is 1. The van der Waals surface area contributed by atoms with E-state index in [1.807, 2.05) is 37.3 Å². The van der Waals surface area contributed by atoms with Gasteiger partial charge in [-0.05, 0) is 72.6 Å². The van der Waals surface area contributed by atoms with Gasteiger partial charge in [-0.2, -0.15) is 0 Å². The lowest BCUT2D eigenvalue weighted by molar-refractivity contribution is -0.114. The minimum absolute atomic E-state index is 0.206. The smallest absolute Gasteiger partial charge is 0.289 e. The molecule has 1 fully saturated rings. The minimum Gasteiger partial charge on any atom is -0.372 e. The number of amides is 1. The summed E-state index contributed by atoms with van der Waals surface area (Å²) in [6.07, 6.45) is 6.77. The summed E-state index contributed by atoms with van der Waals surface area (Å²) in [6, 6.07) is 12.5. The van der Waals surface area contributed by atoms with Crippen molar-refractivity contribution >= 4 is 17.4 Å². The molecule has 0 atom stereocenters. The Labute approximate surface area is 188 Å². The monoisotopic (exact) mass is 435 g/mol. The lowest BCUT2D eigenvalue weighted by Crippen LogP contribution is -2.32. The molecule has 168 valence electrons. The molecule has 1 aliphatic rings. The minimum atomic E-state index is -0.979. The van der Waals surface area contributed by atoms with E-state index in [9.17, 15) is 14.0 Å². The zero-order valence-corrected chi connectivity index (χ0v) is 18.4. The van der Waals surface area contributed by atoms with Crippen molar-refractivity contribution in [2.75, 3.05) is 13.1 Å². The number of carbonyl (C=O) groups is 2.